The van der Waals surface area contributed by atoms with E-state index in [0.29, 0.717) is 41.0 Å². The van der Waals surface area contributed by atoms with Gasteiger partial charge < -0.3 is 9.84 Å². The second-order valence-electron chi connectivity index (χ2n) is 5.80. The highest BCUT2D eigenvalue weighted by molar-refractivity contribution is 7.09. The predicted molar refractivity (Wildman–Crippen MR) is 100 cm³/mol. The predicted octanol–water partition coefficient (Wildman–Crippen LogP) is 3.63. The van der Waals surface area contributed by atoms with E-state index in [1.54, 1.807) is 23.6 Å². The number of rotatable bonds is 5. The zero-order valence-corrected chi connectivity index (χ0v) is 14.9. The minimum absolute atomic E-state index is 0.169. The zero-order chi connectivity index (χ0) is 17.9. The van der Waals surface area contributed by atoms with Crippen molar-refractivity contribution >= 4 is 28.3 Å². The zero-order valence-electron chi connectivity index (χ0n) is 14.1. The van der Waals surface area contributed by atoms with E-state index in [9.17, 15) is 4.79 Å². The molecule has 0 spiro atoms. The molecule has 130 valence electrons. The number of nitrogens with zero attached hydrogens (tertiary/aromatic N) is 3. The third-order valence-corrected chi connectivity index (χ3v) is 4.88. The van der Waals surface area contributed by atoms with Gasteiger partial charge >= 0.3 is 0 Å². The van der Waals surface area contributed by atoms with Crippen LogP contribution in [0.2, 0.25) is 0 Å². The molecule has 1 amide bonds. The largest absolute Gasteiger partial charge is 0.352 e. The summed E-state index contributed by atoms with van der Waals surface area (Å²) in [5.74, 6) is -0.169. The minimum atomic E-state index is -0.169. The van der Waals surface area contributed by atoms with Crippen LogP contribution < -0.4 is 5.32 Å². The van der Waals surface area contributed by atoms with Gasteiger partial charge in [-0.1, -0.05) is 35.5 Å². The first kappa shape index (κ1) is 16.4. The number of carbonyl (C=O) groups excluding carboxylic acids is 1. The Bertz CT molecular complexity index is 1040. The molecule has 26 heavy (non-hydrogen) atoms. The summed E-state index contributed by atoms with van der Waals surface area (Å²) in [5.41, 5.74) is 3.14. The molecular weight excluding hydrogens is 348 g/mol. The van der Waals surface area contributed by atoms with E-state index < -0.39 is 0 Å². The van der Waals surface area contributed by atoms with Crippen molar-refractivity contribution in [3.05, 3.63) is 64.2 Å². The molecule has 0 radical (unpaired) electrons. The summed E-state index contributed by atoms with van der Waals surface area (Å²) in [6.45, 7) is 2.32. The molecule has 0 aliphatic carbocycles. The fourth-order valence-corrected chi connectivity index (χ4v) is 3.41. The molecular formula is C19H16N4O2S. The van der Waals surface area contributed by atoms with Gasteiger partial charge in [0.15, 0.2) is 0 Å². The molecule has 4 aromatic rings. The van der Waals surface area contributed by atoms with Crippen LogP contribution in [0.15, 0.2) is 52.5 Å². The maximum absolute atomic E-state index is 12.8. The second kappa shape index (κ2) is 7.05. The molecule has 1 aromatic carbocycles. The topological polar surface area (TPSA) is 80.9 Å². The molecule has 4 rings (SSSR count). The van der Waals surface area contributed by atoms with Crippen molar-refractivity contribution in [2.75, 3.05) is 6.54 Å². The number of pyridine rings is 1. The molecule has 0 aliphatic rings. The van der Waals surface area contributed by atoms with Crippen LogP contribution in [0.5, 0.6) is 0 Å². The SMILES string of the molecule is Cc1noc2nc(-c3ccccc3)cc(C(=O)NCCc3nccs3)c12. The molecule has 7 heteroatoms. The number of thiazole rings is 1. The summed E-state index contributed by atoms with van der Waals surface area (Å²) in [6, 6.07) is 11.5. The third kappa shape index (κ3) is 3.21. The van der Waals surface area contributed by atoms with Gasteiger partial charge in [0.25, 0.3) is 11.6 Å². The smallest absolute Gasteiger partial charge is 0.259 e. The van der Waals surface area contributed by atoms with Crippen molar-refractivity contribution in [3.8, 4) is 11.3 Å². The Kier molecular flexibility index (Phi) is 4.45. The number of aromatic nitrogens is 3. The Hall–Kier alpha value is -3.06. The van der Waals surface area contributed by atoms with E-state index in [4.69, 9.17) is 4.52 Å². The first-order valence-electron chi connectivity index (χ1n) is 8.21. The number of amides is 1. The van der Waals surface area contributed by atoms with Gasteiger partial charge in [0.1, 0.15) is 0 Å². The number of hydrogen-bond donors (Lipinski definition) is 1. The van der Waals surface area contributed by atoms with Crippen LogP contribution >= 0.6 is 11.3 Å². The summed E-state index contributed by atoms with van der Waals surface area (Å²) in [7, 11) is 0. The second-order valence-corrected chi connectivity index (χ2v) is 6.78. The molecule has 0 saturated heterocycles. The maximum Gasteiger partial charge on any atom is 0.259 e. The average Bonchev–Trinajstić information content (AvgIpc) is 3.32. The number of carbonyl (C=O) groups is 1. The summed E-state index contributed by atoms with van der Waals surface area (Å²) < 4.78 is 5.32. The Labute approximate surface area is 153 Å². The van der Waals surface area contributed by atoms with Crippen LogP contribution in [0.25, 0.3) is 22.4 Å². The van der Waals surface area contributed by atoms with E-state index in [-0.39, 0.29) is 5.91 Å². The van der Waals surface area contributed by atoms with E-state index in [1.165, 1.54) is 0 Å². The standard InChI is InChI=1S/C19H16N4O2S/c1-12-17-14(18(24)21-8-7-16-20-9-10-26-16)11-15(22-19(17)25-23-12)13-5-3-2-4-6-13/h2-6,9-11H,7-8H2,1H3,(H,21,24). The van der Waals surface area contributed by atoms with E-state index >= 15 is 0 Å². The summed E-state index contributed by atoms with van der Waals surface area (Å²) in [6.07, 6.45) is 2.46. The van der Waals surface area contributed by atoms with Crippen LogP contribution in [0.4, 0.5) is 0 Å². The fourth-order valence-electron chi connectivity index (χ4n) is 2.79. The highest BCUT2D eigenvalue weighted by Crippen LogP contribution is 2.26. The quantitative estimate of drug-likeness (QED) is 0.585. The molecule has 0 saturated carbocycles. The van der Waals surface area contributed by atoms with Crippen LogP contribution in [-0.4, -0.2) is 27.6 Å². The molecule has 3 aromatic heterocycles. The lowest BCUT2D eigenvalue weighted by Crippen LogP contribution is -2.26. The number of hydrogen-bond acceptors (Lipinski definition) is 6. The van der Waals surface area contributed by atoms with Crippen LogP contribution in [0.1, 0.15) is 21.1 Å². The third-order valence-electron chi connectivity index (χ3n) is 4.04. The number of fused-ring (bicyclic) bond motifs is 1. The summed E-state index contributed by atoms with van der Waals surface area (Å²) >= 11 is 1.58. The van der Waals surface area contributed by atoms with Crippen molar-refractivity contribution in [1.29, 1.82) is 0 Å². The van der Waals surface area contributed by atoms with Gasteiger partial charge in [-0.2, -0.15) is 0 Å². The van der Waals surface area contributed by atoms with E-state index in [0.717, 1.165) is 10.6 Å². The Morgan fingerprint density at radius 2 is 2.12 bits per heavy atom. The van der Waals surface area contributed by atoms with Gasteiger partial charge in [-0.15, -0.1) is 11.3 Å². The van der Waals surface area contributed by atoms with Gasteiger partial charge in [0, 0.05) is 30.1 Å². The number of aryl methyl sites for hydroxylation is 1. The maximum atomic E-state index is 12.8. The van der Waals surface area contributed by atoms with Crippen LogP contribution in [0, 0.1) is 6.92 Å². The monoisotopic (exact) mass is 364 g/mol. The lowest BCUT2D eigenvalue weighted by molar-refractivity contribution is 0.0955. The minimum Gasteiger partial charge on any atom is -0.352 e. The van der Waals surface area contributed by atoms with Gasteiger partial charge in [-0.05, 0) is 13.0 Å². The molecule has 0 fully saturated rings. The van der Waals surface area contributed by atoms with E-state index in [1.807, 2.05) is 42.6 Å². The molecule has 0 bridgehead atoms. The van der Waals surface area contributed by atoms with Crippen molar-refractivity contribution < 1.29 is 9.32 Å². The first-order chi connectivity index (χ1) is 12.7. The number of benzene rings is 1. The Balaban J connectivity index is 1.66. The van der Waals surface area contributed by atoms with E-state index in [2.05, 4.69) is 20.4 Å². The van der Waals surface area contributed by atoms with Crippen LogP contribution in [0.3, 0.4) is 0 Å². The lowest BCUT2D eigenvalue weighted by Gasteiger charge is -2.08. The van der Waals surface area contributed by atoms with Crippen molar-refractivity contribution in [3.63, 3.8) is 0 Å². The first-order valence-corrected chi connectivity index (χ1v) is 9.09. The van der Waals surface area contributed by atoms with Crippen molar-refractivity contribution in [1.82, 2.24) is 20.4 Å². The molecule has 0 atom stereocenters. The average molecular weight is 364 g/mol. The molecule has 3 heterocycles. The summed E-state index contributed by atoms with van der Waals surface area (Å²) in [5, 5.41) is 10.5. The van der Waals surface area contributed by atoms with Gasteiger partial charge in [0.2, 0.25) is 0 Å². The summed E-state index contributed by atoms with van der Waals surface area (Å²) in [4.78, 5) is 21.5. The number of nitrogens with one attached hydrogen (secondary N) is 1. The fraction of sp³-hybridized carbons (Fsp3) is 0.158. The molecule has 1 N–H and O–H groups in total. The van der Waals surface area contributed by atoms with Crippen molar-refractivity contribution in [2.45, 2.75) is 13.3 Å². The van der Waals surface area contributed by atoms with Gasteiger partial charge in [-0.3, -0.25) is 4.79 Å². The van der Waals surface area contributed by atoms with Crippen molar-refractivity contribution in [2.24, 2.45) is 0 Å². The Morgan fingerprint density at radius 3 is 2.88 bits per heavy atom. The normalized spacial score (nSPS) is 11.0. The lowest BCUT2D eigenvalue weighted by atomic mass is 10.1. The highest BCUT2D eigenvalue weighted by Gasteiger charge is 2.19. The Morgan fingerprint density at radius 1 is 1.27 bits per heavy atom. The van der Waals surface area contributed by atoms with Gasteiger partial charge in [-0.25, -0.2) is 9.97 Å². The molecule has 0 unspecified atom stereocenters. The molecule has 6 nitrogen and oxygen atoms in total. The van der Waals surface area contributed by atoms with Gasteiger partial charge in [0.05, 0.1) is 27.3 Å². The highest BCUT2D eigenvalue weighted by atomic mass is 32.1. The van der Waals surface area contributed by atoms with Crippen LogP contribution in [-0.2, 0) is 6.42 Å². The molecule has 0 aliphatic heterocycles.